The Balaban J connectivity index is 2.47. The minimum atomic E-state index is -0.540. The normalized spacial score (nSPS) is 9.72. The Morgan fingerprint density at radius 2 is 2.11 bits per heavy atom. The lowest BCUT2D eigenvalue weighted by Crippen LogP contribution is -2.41. The number of carbonyl (C=O) groups excluding carboxylic acids is 2. The Hall–Kier alpha value is -1.75. The number of benzene rings is 1. The summed E-state index contributed by atoms with van der Waals surface area (Å²) in [6.07, 6.45) is 0. The maximum absolute atomic E-state index is 11.4. The van der Waals surface area contributed by atoms with E-state index in [1.165, 1.54) is 0 Å². The summed E-state index contributed by atoms with van der Waals surface area (Å²) >= 11 is 5.90. The molecule has 0 radical (unpaired) electrons. The van der Waals surface area contributed by atoms with E-state index in [2.05, 4.69) is 10.6 Å². The zero-order valence-electron chi connectivity index (χ0n) is 10.2. The summed E-state index contributed by atoms with van der Waals surface area (Å²) in [5.74, 6) is -0.110. The van der Waals surface area contributed by atoms with Crippen LogP contribution in [0.15, 0.2) is 18.2 Å². The molecule has 1 aromatic rings. The number of rotatable bonds is 4. The second-order valence-corrected chi connectivity index (χ2v) is 4.04. The molecule has 0 atom stereocenters. The summed E-state index contributed by atoms with van der Waals surface area (Å²) in [5.41, 5.74) is 0.971. The topological polar surface area (TPSA) is 67.4 Å². The molecule has 0 bridgehead atoms. The second-order valence-electron chi connectivity index (χ2n) is 3.63. The number of hydrogen-bond donors (Lipinski definition) is 2. The Morgan fingerprint density at radius 1 is 1.39 bits per heavy atom. The summed E-state index contributed by atoms with van der Waals surface area (Å²) in [4.78, 5) is 22.4. The summed E-state index contributed by atoms with van der Waals surface area (Å²) in [6, 6.07) is 4.71. The van der Waals surface area contributed by atoms with E-state index in [4.69, 9.17) is 16.3 Å². The number of hydrogen-bond acceptors (Lipinski definition) is 3. The van der Waals surface area contributed by atoms with E-state index in [-0.39, 0.29) is 6.61 Å². The van der Waals surface area contributed by atoms with Gasteiger partial charge in [0.1, 0.15) is 5.75 Å². The average molecular weight is 271 g/mol. The van der Waals surface area contributed by atoms with E-state index in [1.807, 2.05) is 13.0 Å². The van der Waals surface area contributed by atoms with E-state index in [0.717, 1.165) is 5.56 Å². The first-order valence-electron chi connectivity index (χ1n) is 5.49. The van der Waals surface area contributed by atoms with Gasteiger partial charge in [0.05, 0.1) is 5.02 Å². The Kier molecular flexibility index (Phi) is 5.45. The van der Waals surface area contributed by atoms with E-state index >= 15 is 0 Å². The van der Waals surface area contributed by atoms with Crippen molar-refractivity contribution in [2.75, 3.05) is 13.2 Å². The van der Waals surface area contributed by atoms with Gasteiger partial charge >= 0.3 is 6.03 Å². The van der Waals surface area contributed by atoms with Gasteiger partial charge < -0.3 is 10.1 Å². The highest BCUT2D eigenvalue weighted by molar-refractivity contribution is 6.32. The Morgan fingerprint density at radius 3 is 2.78 bits per heavy atom. The molecular formula is C12H15ClN2O3. The first-order valence-corrected chi connectivity index (χ1v) is 5.87. The Bertz CT molecular complexity index is 449. The number of ether oxygens (including phenoxy) is 1. The largest absolute Gasteiger partial charge is 0.482 e. The molecule has 6 heteroatoms. The Labute approximate surface area is 110 Å². The second kappa shape index (κ2) is 6.86. The van der Waals surface area contributed by atoms with Crippen molar-refractivity contribution < 1.29 is 14.3 Å². The smallest absolute Gasteiger partial charge is 0.321 e. The zero-order valence-corrected chi connectivity index (χ0v) is 11.0. The minimum Gasteiger partial charge on any atom is -0.482 e. The van der Waals surface area contributed by atoms with E-state index < -0.39 is 11.9 Å². The monoisotopic (exact) mass is 270 g/mol. The van der Waals surface area contributed by atoms with Crippen LogP contribution in [0.2, 0.25) is 5.02 Å². The summed E-state index contributed by atoms with van der Waals surface area (Å²) < 4.78 is 5.23. The van der Waals surface area contributed by atoms with Crippen molar-refractivity contribution >= 4 is 23.5 Å². The molecule has 0 aliphatic heterocycles. The number of imide groups is 1. The van der Waals surface area contributed by atoms with Gasteiger partial charge in [0, 0.05) is 6.54 Å². The molecule has 0 aromatic heterocycles. The molecule has 0 aliphatic carbocycles. The van der Waals surface area contributed by atoms with Crippen LogP contribution in [0, 0.1) is 6.92 Å². The number of nitrogens with one attached hydrogen (secondary N) is 2. The lowest BCUT2D eigenvalue weighted by atomic mass is 10.2. The first kappa shape index (κ1) is 14.3. The van der Waals surface area contributed by atoms with Crippen molar-refractivity contribution in [3.63, 3.8) is 0 Å². The zero-order chi connectivity index (χ0) is 13.5. The predicted octanol–water partition coefficient (Wildman–Crippen LogP) is 1.87. The molecule has 5 nitrogen and oxygen atoms in total. The molecule has 0 spiro atoms. The molecule has 3 amide bonds. The number of amides is 3. The molecule has 0 unspecified atom stereocenters. The third-order valence-corrected chi connectivity index (χ3v) is 2.35. The average Bonchev–Trinajstić information content (AvgIpc) is 2.30. The van der Waals surface area contributed by atoms with E-state index in [1.54, 1.807) is 19.1 Å². The molecule has 18 heavy (non-hydrogen) atoms. The third kappa shape index (κ3) is 4.63. The molecule has 98 valence electrons. The van der Waals surface area contributed by atoms with E-state index in [9.17, 15) is 9.59 Å². The highest BCUT2D eigenvalue weighted by Crippen LogP contribution is 2.24. The predicted molar refractivity (Wildman–Crippen MR) is 68.9 cm³/mol. The number of carbonyl (C=O) groups is 2. The maximum Gasteiger partial charge on any atom is 0.321 e. The maximum atomic E-state index is 11.4. The van der Waals surface area contributed by atoms with Crippen LogP contribution in [-0.4, -0.2) is 25.1 Å². The summed E-state index contributed by atoms with van der Waals surface area (Å²) in [7, 11) is 0. The van der Waals surface area contributed by atoms with Crippen molar-refractivity contribution in [3.05, 3.63) is 28.8 Å². The number of aryl methyl sites for hydroxylation is 1. The van der Waals surface area contributed by atoms with Gasteiger partial charge in [-0.3, -0.25) is 10.1 Å². The van der Waals surface area contributed by atoms with Crippen LogP contribution >= 0.6 is 11.6 Å². The van der Waals surface area contributed by atoms with Crippen LogP contribution in [0.25, 0.3) is 0 Å². The van der Waals surface area contributed by atoms with Crippen LogP contribution in [0.4, 0.5) is 4.79 Å². The quantitative estimate of drug-likeness (QED) is 0.878. The fraction of sp³-hybridized carbons (Fsp3) is 0.333. The standard InChI is InChI=1S/C12H15ClN2O3/c1-3-14-12(17)15-11(16)7-18-10-6-8(2)4-5-9(10)13/h4-6H,3,7H2,1-2H3,(H2,14,15,16,17). The van der Waals surface area contributed by atoms with Gasteiger partial charge in [0.2, 0.25) is 0 Å². The van der Waals surface area contributed by atoms with Crippen LogP contribution in [0.1, 0.15) is 12.5 Å². The third-order valence-electron chi connectivity index (χ3n) is 2.04. The number of halogens is 1. The molecule has 0 saturated carbocycles. The highest BCUT2D eigenvalue weighted by Gasteiger charge is 2.09. The molecular weight excluding hydrogens is 256 g/mol. The van der Waals surface area contributed by atoms with Gasteiger partial charge in [-0.05, 0) is 31.5 Å². The van der Waals surface area contributed by atoms with Gasteiger partial charge in [-0.1, -0.05) is 17.7 Å². The lowest BCUT2D eigenvalue weighted by molar-refractivity contribution is -0.122. The van der Waals surface area contributed by atoms with Gasteiger partial charge in [-0.25, -0.2) is 4.79 Å². The summed E-state index contributed by atoms with van der Waals surface area (Å²) in [6.45, 7) is 3.83. The molecule has 1 aromatic carbocycles. The van der Waals surface area contributed by atoms with Gasteiger partial charge in [-0.2, -0.15) is 0 Å². The van der Waals surface area contributed by atoms with Crippen LogP contribution in [0.5, 0.6) is 5.75 Å². The highest BCUT2D eigenvalue weighted by atomic mass is 35.5. The lowest BCUT2D eigenvalue weighted by Gasteiger charge is -2.09. The molecule has 2 N–H and O–H groups in total. The van der Waals surface area contributed by atoms with Crippen LogP contribution in [0.3, 0.4) is 0 Å². The molecule has 0 saturated heterocycles. The van der Waals surface area contributed by atoms with E-state index in [0.29, 0.717) is 17.3 Å². The molecule has 0 heterocycles. The van der Waals surface area contributed by atoms with Crippen molar-refractivity contribution in [2.45, 2.75) is 13.8 Å². The van der Waals surface area contributed by atoms with Crippen molar-refractivity contribution in [1.29, 1.82) is 0 Å². The first-order chi connectivity index (χ1) is 8.52. The fourth-order valence-electron chi connectivity index (χ4n) is 1.23. The summed E-state index contributed by atoms with van der Waals surface area (Å²) in [5, 5.41) is 4.99. The molecule has 0 fully saturated rings. The van der Waals surface area contributed by atoms with Crippen molar-refractivity contribution in [3.8, 4) is 5.75 Å². The van der Waals surface area contributed by atoms with Crippen LogP contribution in [-0.2, 0) is 4.79 Å². The molecule has 0 aliphatic rings. The fourth-order valence-corrected chi connectivity index (χ4v) is 1.40. The van der Waals surface area contributed by atoms with Crippen LogP contribution < -0.4 is 15.4 Å². The van der Waals surface area contributed by atoms with Gasteiger partial charge in [0.25, 0.3) is 5.91 Å². The van der Waals surface area contributed by atoms with Gasteiger partial charge in [0.15, 0.2) is 6.61 Å². The minimum absolute atomic E-state index is 0.264. The molecule has 1 rings (SSSR count). The SMILES string of the molecule is CCNC(=O)NC(=O)COc1cc(C)ccc1Cl. The van der Waals surface area contributed by atoms with Crippen molar-refractivity contribution in [1.82, 2.24) is 10.6 Å². The van der Waals surface area contributed by atoms with Gasteiger partial charge in [-0.15, -0.1) is 0 Å². The number of urea groups is 1. The van der Waals surface area contributed by atoms with Crippen molar-refractivity contribution in [2.24, 2.45) is 0 Å².